The van der Waals surface area contributed by atoms with E-state index in [1.807, 2.05) is 6.08 Å². The molecule has 0 spiro atoms. The molecule has 0 aromatic carbocycles. The first-order valence-electron chi connectivity index (χ1n) is 5.80. The van der Waals surface area contributed by atoms with Gasteiger partial charge in [-0.2, -0.15) is 13.2 Å². The van der Waals surface area contributed by atoms with Crippen LogP contribution in [0, 0.1) is 0 Å². The second-order valence-electron chi connectivity index (χ2n) is 4.59. The summed E-state index contributed by atoms with van der Waals surface area (Å²) in [7, 11) is 0. The van der Waals surface area contributed by atoms with Gasteiger partial charge in [0.25, 0.3) is 0 Å². The zero-order chi connectivity index (χ0) is 12.5. The second kappa shape index (κ2) is 4.55. The first-order valence-corrected chi connectivity index (χ1v) is 5.80. The van der Waals surface area contributed by atoms with Crippen LogP contribution >= 0.6 is 0 Å². The maximum atomic E-state index is 12.4. The molecule has 0 saturated carbocycles. The van der Waals surface area contributed by atoms with Crippen molar-refractivity contribution in [3.8, 4) is 0 Å². The number of rotatable bonds is 1. The van der Waals surface area contributed by atoms with Crippen molar-refractivity contribution in [2.24, 2.45) is 0 Å². The van der Waals surface area contributed by atoms with Gasteiger partial charge in [0, 0.05) is 5.57 Å². The summed E-state index contributed by atoms with van der Waals surface area (Å²) in [4.78, 5) is 0. The summed E-state index contributed by atoms with van der Waals surface area (Å²) >= 11 is 0. The quantitative estimate of drug-likeness (QED) is 0.614. The van der Waals surface area contributed by atoms with Crippen LogP contribution in [-0.2, 0) is 0 Å². The number of allylic oxidation sites excluding steroid dienone is 8. The molecule has 0 aliphatic heterocycles. The minimum atomic E-state index is -4.17. The molecule has 2 rings (SSSR count). The minimum Gasteiger partial charge on any atom is -0.166 e. The van der Waals surface area contributed by atoms with E-state index < -0.39 is 11.7 Å². The van der Waals surface area contributed by atoms with Gasteiger partial charge in [-0.1, -0.05) is 29.9 Å². The Bertz CT molecular complexity index is 431. The Balaban J connectivity index is 2.16. The first-order chi connectivity index (χ1) is 7.97. The average Bonchev–Trinajstić information content (AvgIpc) is 2.29. The minimum absolute atomic E-state index is 0.107. The fourth-order valence-electron chi connectivity index (χ4n) is 2.15. The molecular formula is C14H15F3. The number of hydrogen-bond acceptors (Lipinski definition) is 0. The third-order valence-electron chi connectivity index (χ3n) is 3.28. The lowest BCUT2D eigenvalue weighted by Crippen LogP contribution is -2.14. The molecule has 0 nitrogen and oxygen atoms in total. The van der Waals surface area contributed by atoms with E-state index in [1.54, 1.807) is 6.08 Å². The van der Waals surface area contributed by atoms with Crippen molar-refractivity contribution in [2.45, 2.75) is 38.8 Å². The zero-order valence-electron chi connectivity index (χ0n) is 9.77. The van der Waals surface area contributed by atoms with Crippen LogP contribution in [0.4, 0.5) is 13.2 Å². The van der Waals surface area contributed by atoms with E-state index in [-0.39, 0.29) is 6.42 Å². The standard InChI is InChI=1S/C14H15F3/c1-10-2-4-11(5-3-10)12-6-8-13(9-7-12)14(15,16)17/h2,4,6,8H,3,5,7,9H2,1H3. The molecule has 0 radical (unpaired) electrons. The molecular weight excluding hydrogens is 225 g/mol. The molecule has 3 heteroatoms. The molecule has 0 atom stereocenters. The van der Waals surface area contributed by atoms with Gasteiger partial charge in [-0.25, -0.2) is 0 Å². The largest absolute Gasteiger partial charge is 0.412 e. The van der Waals surface area contributed by atoms with Crippen LogP contribution in [-0.4, -0.2) is 6.18 Å². The van der Waals surface area contributed by atoms with Gasteiger partial charge in [-0.3, -0.25) is 0 Å². The van der Waals surface area contributed by atoms with Crippen molar-refractivity contribution in [3.63, 3.8) is 0 Å². The molecule has 0 heterocycles. The molecule has 2 aliphatic rings. The highest BCUT2D eigenvalue weighted by Crippen LogP contribution is 2.36. The van der Waals surface area contributed by atoms with E-state index in [2.05, 4.69) is 13.0 Å². The summed E-state index contributed by atoms with van der Waals surface area (Å²) in [6, 6.07) is 0. The maximum absolute atomic E-state index is 12.4. The normalized spacial score (nSPS) is 21.4. The molecule has 0 saturated heterocycles. The van der Waals surface area contributed by atoms with Crippen molar-refractivity contribution in [3.05, 3.63) is 46.6 Å². The molecule has 0 amide bonds. The molecule has 92 valence electrons. The highest BCUT2D eigenvalue weighted by Gasteiger charge is 2.33. The Labute approximate surface area is 99.2 Å². The number of alkyl halides is 3. The molecule has 2 aliphatic carbocycles. The van der Waals surface area contributed by atoms with Crippen LogP contribution in [0.5, 0.6) is 0 Å². The Morgan fingerprint density at radius 3 is 1.82 bits per heavy atom. The highest BCUT2D eigenvalue weighted by molar-refractivity contribution is 5.42. The van der Waals surface area contributed by atoms with Crippen molar-refractivity contribution in [1.29, 1.82) is 0 Å². The Hall–Kier alpha value is -1.25. The molecule has 0 aromatic heterocycles. The second-order valence-corrected chi connectivity index (χ2v) is 4.59. The van der Waals surface area contributed by atoms with Crippen LogP contribution in [0.25, 0.3) is 0 Å². The van der Waals surface area contributed by atoms with Gasteiger partial charge in [0.1, 0.15) is 0 Å². The summed E-state index contributed by atoms with van der Waals surface area (Å²) in [6.45, 7) is 2.07. The monoisotopic (exact) mass is 240 g/mol. The maximum Gasteiger partial charge on any atom is 0.412 e. The zero-order valence-corrected chi connectivity index (χ0v) is 9.77. The molecule has 0 aromatic rings. The Morgan fingerprint density at radius 2 is 1.41 bits per heavy atom. The topological polar surface area (TPSA) is 0 Å². The van der Waals surface area contributed by atoms with Crippen LogP contribution in [0.15, 0.2) is 46.6 Å². The summed E-state index contributed by atoms with van der Waals surface area (Å²) in [5.74, 6) is 0. The molecule has 0 unspecified atom stereocenters. The number of hydrogen-bond donors (Lipinski definition) is 0. The Kier molecular flexibility index (Phi) is 3.27. The summed E-state index contributed by atoms with van der Waals surface area (Å²) < 4.78 is 37.3. The van der Waals surface area contributed by atoms with E-state index in [0.717, 1.165) is 18.4 Å². The molecule has 0 fully saturated rings. The van der Waals surface area contributed by atoms with Gasteiger partial charge in [-0.05, 0) is 43.8 Å². The summed E-state index contributed by atoms with van der Waals surface area (Å²) in [6.07, 6.45) is 5.36. The van der Waals surface area contributed by atoms with Crippen molar-refractivity contribution < 1.29 is 13.2 Å². The first kappa shape index (κ1) is 12.2. The van der Waals surface area contributed by atoms with E-state index >= 15 is 0 Å². The van der Waals surface area contributed by atoms with Crippen LogP contribution in [0.3, 0.4) is 0 Å². The van der Waals surface area contributed by atoms with E-state index in [4.69, 9.17) is 0 Å². The average molecular weight is 240 g/mol. The predicted molar refractivity (Wildman–Crippen MR) is 62.5 cm³/mol. The SMILES string of the molecule is CC1=CC=C(C2=CC=C(C(F)(F)F)CC2)CC1. The van der Waals surface area contributed by atoms with E-state index in [9.17, 15) is 13.2 Å². The third-order valence-corrected chi connectivity index (χ3v) is 3.28. The lowest BCUT2D eigenvalue weighted by atomic mass is 9.87. The molecule has 0 bridgehead atoms. The fourth-order valence-corrected chi connectivity index (χ4v) is 2.15. The summed E-state index contributed by atoms with van der Waals surface area (Å²) in [5, 5.41) is 0. The number of halogens is 3. The summed E-state index contributed by atoms with van der Waals surface area (Å²) in [5.41, 5.74) is 3.16. The van der Waals surface area contributed by atoms with Crippen molar-refractivity contribution >= 4 is 0 Å². The van der Waals surface area contributed by atoms with Gasteiger partial charge in [0.05, 0.1) is 0 Å². The van der Waals surface area contributed by atoms with Gasteiger partial charge in [-0.15, -0.1) is 0 Å². The fraction of sp³-hybridized carbons (Fsp3) is 0.429. The molecule has 17 heavy (non-hydrogen) atoms. The van der Waals surface area contributed by atoms with Crippen LogP contribution in [0.1, 0.15) is 32.6 Å². The van der Waals surface area contributed by atoms with Crippen molar-refractivity contribution in [2.75, 3.05) is 0 Å². The third kappa shape index (κ3) is 2.90. The van der Waals surface area contributed by atoms with E-state index in [0.29, 0.717) is 6.42 Å². The lowest BCUT2D eigenvalue weighted by molar-refractivity contribution is -0.0941. The molecule has 0 N–H and O–H groups in total. The van der Waals surface area contributed by atoms with E-state index in [1.165, 1.54) is 17.2 Å². The van der Waals surface area contributed by atoms with Crippen molar-refractivity contribution in [1.82, 2.24) is 0 Å². The smallest absolute Gasteiger partial charge is 0.166 e. The van der Waals surface area contributed by atoms with Gasteiger partial charge >= 0.3 is 6.18 Å². The highest BCUT2D eigenvalue weighted by atomic mass is 19.4. The Morgan fingerprint density at radius 1 is 0.824 bits per heavy atom. The lowest BCUT2D eigenvalue weighted by Gasteiger charge is -2.20. The van der Waals surface area contributed by atoms with Gasteiger partial charge in [0.15, 0.2) is 0 Å². The van der Waals surface area contributed by atoms with Crippen LogP contribution < -0.4 is 0 Å². The van der Waals surface area contributed by atoms with Gasteiger partial charge in [0.2, 0.25) is 0 Å². The van der Waals surface area contributed by atoms with Gasteiger partial charge < -0.3 is 0 Å². The predicted octanol–water partition coefficient (Wildman–Crippen LogP) is 4.86. The van der Waals surface area contributed by atoms with Crippen LogP contribution in [0.2, 0.25) is 0 Å².